The Labute approximate surface area is 136 Å². The van der Waals surface area contributed by atoms with Crippen molar-refractivity contribution in [2.45, 2.75) is 45.3 Å². The zero-order chi connectivity index (χ0) is 17.0. The summed E-state index contributed by atoms with van der Waals surface area (Å²) in [5.74, 6) is 0.509. The lowest BCUT2D eigenvalue weighted by atomic mass is 10.1. The van der Waals surface area contributed by atoms with Crippen LogP contribution < -0.4 is 16.6 Å². The van der Waals surface area contributed by atoms with Gasteiger partial charge in [-0.2, -0.15) is 0 Å². The van der Waals surface area contributed by atoms with Gasteiger partial charge in [0.05, 0.1) is 11.7 Å². The summed E-state index contributed by atoms with van der Waals surface area (Å²) in [4.78, 5) is 29.4. The lowest BCUT2D eigenvalue weighted by molar-refractivity contribution is 0.108. The second-order valence-corrected chi connectivity index (χ2v) is 6.03. The predicted octanol–water partition coefficient (Wildman–Crippen LogP) is 0.600. The molecule has 1 aliphatic heterocycles. The van der Waals surface area contributed by atoms with Crippen molar-refractivity contribution in [2.24, 2.45) is 12.0 Å². The highest BCUT2D eigenvalue weighted by molar-refractivity contribution is 5.94. The molecule has 0 spiro atoms. The van der Waals surface area contributed by atoms with Crippen molar-refractivity contribution < 1.29 is 4.74 Å². The van der Waals surface area contributed by atoms with Crippen molar-refractivity contribution in [3.63, 3.8) is 0 Å². The Morgan fingerprint density at radius 2 is 2.09 bits per heavy atom. The molecule has 1 atom stereocenters. The summed E-state index contributed by atoms with van der Waals surface area (Å²) in [6, 6.07) is 0. The van der Waals surface area contributed by atoms with Gasteiger partial charge in [0.15, 0.2) is 0 Å². The summed E-state index contributed by atoms with van der Waals surface area (Å²) in [6.45, 7) is 3.08. The third-order valence-electron chi connectivity index (χ3n) is 4.28. The summed E-state index contributed by atoms with van der Waals surface area (Å²) in [5.41, 5.74) is 1.03. The SMILES string of the molecule is CNCC1=Nc2c(c(=O)n(CCCC[C@@H](C)OC)c(=O)n2C)C1. The number of nitrogens with one attached hydrogen (secondary N) is 1. The molecule has 128 valence electrons. The van der Waals surface area contributed by atoms with Crippen molar-refractivity contribution in [1.29, 1.82) is 0 Å². The molecule has 1 aromatic rings. The molecule has 1 N–H and O–H groups in total. The van der Waals surface area contributed by atoms with E-state index in [4.69, 9.17) is 4.74 Å². The van der Waals surface area contributed by atoms with Crippen LogP contribution in [-0.2, 0) is 24.8 Å². The number of ether oxygens (including phenoxy) is 1. The van der Waals surface area contributed by atoms with Gasteiger partial charge in [-0.3, -0.25) is 13.9 Å². The van der Waals surface area contributed by atoms with Crippen LogP contribution in [0.15, 0.2) is 14.6 Å². The van der Waals surface area contributed by atoms with Gasteiger partial charge in [-0.05, 0) is 33.2 Å². The van der Waals surface area contributed by atoms with Crippen LogP contribution in [0.25, 0.3) is 0 Å². The molecule has 0 fully saturated rings. The van der Waals surface area contributed by atoms with Gasteiger partial charge in [0.25, 0.3) is 5.56 Å². The molecular weight excluding hydrogens is 296 g/mol. The summed E-state index contributed by atoms with van der Waals surface area (Å²) >= 11 is 0. The molecule has 0 bridgehead atoms. The number of aromatic nitrogens is 2. The van der Waals surface area contributed by atoms with Gasteiger partial charge >= 0.3 is 5.69 Å². The molecule has 0 saturated heterocycles. The average Bonchev–Trinajstić information content (AvgIpc) is 2.96. The summed E-state index contributed by atoms with van der Waals surface area (Å²) in [7, 11) is 5.20. The average molecular weight is 322 g/mol. The Bertz CT molecular complexity index is 703. The lowest BCUT2D eigenvalue weighted by Crippen LogP contribution is -2.40. The minimum absolute atomic E-state index is 0.197. The number of fused-ring (bicyclic) bond motifs is 1. The first-order chi connectivity index (χ1) is 11.0. The molecule has 1 aliphatic rings. The zero-order valence-corrected chi connectivity index (χ0v) is 14.4. The van der Waals surface area contributed by atoms with Crippen LogP contribution in [0.2, 0.25) is 0 Å². The van der Waals surface area contributed by atoms with E-state index in [1.165, 1.54) is 9.13 Å². The van der Waals surface area contributed by atoms with Crippen LogP contribution in [0, 0.1) is 0 Å². The van der Waals surface area contributed by atoms with Crippen molar-refractivity contribution in [3.05, 3.63) is 26.4 Å². The molecule has 7 heteroatoms. The first kappa shape index (κ1) is 17.6. The minimum Gasteiger partial charge on any atom is -0.382 e. The van der Waals surface area contributed by atoms with E-state index in [1.54, 1.807) is 14.2 Å². The summed E-state index contributed by atoms with van der Waals surface area (Å²) < 4.78 is 8.03. The number of aliphatic imine (C=N–C) groups is 1. The molecule has 2 heterocycles. The minimum atomic E-state index is -0.289. The van der Waals surface area contributed by atoms with E-state index < -0.39 is 0 Å². The van der Waals surface area contributed by atoms with Gasteiger partial charge in [-0.15, -0.1) is 0 Å². The van der Waals surface area contributed by atoms with Gasteiger partial charge in [0.2, 0.25) is 0 Å². The molecule has 0 saturated carbocycles. The quantitative estimate of drug-likeness (QED) is 0.711. The van der Waals surface area contributed by atoms with E-state index in [0.29, 0.717) is 30.9 Å². The molecule has 7 nitrogen and oxygen atoms in total. The van der Waals surface area contributed by atoms with Crippen LogP contribution in [0.4, 0.5) is 5.82 Å². The second kappa shape index (κ2) is 7.70. The molecule has 23 heavy (non-hydrogen) atoms. The second-order valence-electron chi connectivity index (χ2n) is 6.03. The Morgan fingerprint density at radius 1 is 1.35 bits per heavy atom. The number of hydrogen-bond donors (Lipinski definition) is 1. The molecule has 0 unspecified atom stereocenters. The van der Waals surface area contributed by atoms with Crippen LogP contribution in [-0.4, -0.2) is 41.7 Å². The molecule has 1 aromatic heterocycles. The number of rotatable bonds is 8. The number of methoxy groups -OCH3 is 1. The third-order valence-corrected chi connectivity index (χ3v) is 4.28. The number of nitrogens with zero attached hydrogens (tertiary/aromatic N) is 3. The van der Waals surface area contributed by atoms with Crippen molar-refractivity contribution in [3.8, 4) is 0 Å². The predicted molar refractivity (Wildman–Crippen MR) is 91.0 cm³/mol. The first-order valence-corrected chi connectivity index (χ1v) is 8.06. The Kier molecular flexibility index (Phi) is 5.90. The molecule has 0 aromatic carbocycles. The highest BCUT2D eigenvalue weighted by atomic mass is 16.5. The number of hydrogen-bond acceptors (Lipinski definition) is 5. The summed E-state index contributed by atoms with van der Waals surface area (Å²) in [5, 5.41) is 3.03. The fourth-order valence-electron chi connectivity index (χ4n) is 2.83. The molecule has 0 aliphatic carbocycles. The largest absolute Gasteiger partial charge is 0.382 e. The van der Waals surface area contributed by atoms with Gasteiger partial charge in [0.1, 0.15) is 5.82 Å². The van der Waals surface area contributed by atoms with Gasteiger partial charge in [0, 0.05) is 39.4 Å². The van der Waals surface area contributed by atoms with Gasteiger partial charge in [-0.1, -0.05) is 0 Å². The maximum absolute atomic E-state index is 12.6. The van der Waals surface area contributed by atoms with Gasteiger partial charge in [-0.25, -0.2) is 9.79 Å². The number of unbranched alkanes of at least 4 members (excludes halogenated alkanes) is 1. The van der Waals surface area contributed by atoms with Crippen LogP contribution in [0.1, 0.15) is 31.7 Å². The molecular formula is C16H26N4O3. The molecule has 0 amide bonds. The van der Waals surface area contributed by atoms with E-state index in [1.807, 2.05) is 14.0 Å². The Hall–Kier alpha value is -1.73. The van der Waals surface area contributed by atoms with E-state index in [0.717, 1.165) is 25.0 Å². The van der Waals surface area contributed by atoms with E-state index in [2.05, 4.69) is 10.3 Å². The van der Waals surface area contributed by atoms with Crippen LogP contribution >= 0.6 is 0 Å². The fourth-order valence-corrected chi connectivity index (χ4v) is 2.83. The molecule has 2 rings (SSSR count). The summed E-state index contributed by atoms with van der Waals surface area (Å²) in [6.07, 6.45) is 3.34. The topological polar surface area (TPSA) is 77.6 Å². The van der Waals surface area contributed by atoms with E-state index >= 15 is 0 Å². The maximum Gasteiger partial charge on any atom is 0.332 e. The van der Waals surface area contributed by atoms with Crippen LogP contribution in [0.5, 0.6) is 0 Å². The van der Waals surface area contributed by atoms with Gasteiger partial charge < -0.3 is 10.1 Å². The highest BCUT2D eigenvalue weighted by Crippen LogP contribution is 2.21. The normalized spacial score (nSPS) is 14.7. The van der Waals surface area contributed by atoms with Crippen LogP contribution in [0.3, 0.4) is 0 Å². The monoisotopic (exact) mass is 322 g/mol. The fraction of sp³-hybridized carbons (Fsp3) is 0.688. The van der Waals surface area contributed by atoms with Crippen molar-refractivity contribution >= 4 is 11.5 Å². The lowest BCUT2D eigenvalue weighted by Gasteiger charge is -2.12. The highest BCUT2D eigenvalue weighted by Gasteiger charge is 2.23. The first-order valence-electron chi connectivity index (χ1n) is 8.06. The molecule has 0 radical (unpaired) electrons. The van der Waals surface area contributed by atoms with E-state index in [-0.39, 0.29) is 17.4 Å². The van der Waals surface area contributed by atoms with Crippen molar-refractivity contribution in [1.82, 2.24) is 14.5 Å². The maximum atomic E-state index is 12.6. The zero-order valence-electron chi connectivity index (χ0n) is 14.4. The Balaban J connectivity index is 2.16. The van der Waals surface area contributed by atoms with E-state index in [9.17, 15) is 9.59 Å². The Morgan fingerprint density at radius 3 is 2.74 bits per heavy atom. The van der Waals surface area contributed by atoms with Crippen molar-refractivity contribution in [2.75, 3.05) is 20.7 Å². The third kappa shape index (κ3) is 3.79. The smallest absolute Gasteiger partial charge is 0.332 e. The standard InChI is InChI=1S/C16H26N4O3/c1-11(23-4)7-5-6-8-20-15(21)13-9-12(10-17-2)18-14(13)19(3)16(20)22/h11,17H,5-10H2,1-4H3/t11-/m1/s1.